The third-order valence-electron chi connectivity index (χ3n) is 4.76. The number of nitrogens with one attached hydrogen (secondary N) is 2. The molecular formula is C21H44IN5O3. The topological polar surface area (TPSA) is 78.4 Å². The molecule has 1 saturated heterocycles. The second-order valence-corrected chi connectivity index (χ2v) is 8.90. The Hall–Kier alpha value is -0.810. The normalized spacial score (nSPS) is 16.6. The predicted octanol–water partition coefficient (Wildman–Crippen LogP) is 2.77. The van der Waals surface area contributed by atoms with Crippen LogP contribution in [0.3, 0.4) is 0 Å². The van der Waals surface area contributed by atoms with Gasteiger partial charge < -0.3 is 25.0 Å². The van der Waals surface area contributed by atoms with Gasteiger partial charge in [-0.25, -0.2) is 4.79 Å². The van der Waals surface area contributed by atoms with E-state index in [1.807, 2.05) is 27.8 Å². The summed E-state index contributed by atoms with van der Waals surface area (Å²) in [5, 5.41) is 6.38. The van der Waals surface area contributed by atoms with Crippen LogP contribution in [0, 0.1) is 5.92 Å². The smallest absolute Gasteiger partial charge is 0.407 e. The number of halogens is 1. The van der Waals surface area contributed by atoms with Crippen molar-refractivity contribution in [3.63, 3.8) is 0 Å². The van der Waals surface area contributed by atoms with Gasteiger partial charge in [-0.1, -0.05) is 13.8 Å². The number of alkyl carbamates (subject to hydrolysis) is 1. The summed E-state index contributed by atoms with van der Waals surface area (Å²) in [6, 6.07) is 0.0449. The molecule has 1 aliphatic rings. The molecule has 1 fully saturated rings. The Labute approximate surface area is 200 Å². The molecule has 0 aromatic rings. The molecule has 30 heavy (non-hydrogen) atoms. The van der Waals surface area contributed by atoms with Gasteiger partial charge in [0, 0.05) is 45.8 Å². The van der Waals surface area contributed by atoms with Crippen molar-refractivity contribution in [2.45, 2.75) is 59.6 Å². The number of hydrogen-bond donors (Lipinski definition) is 2. The first-order valence-electron chi connectivity index (χ1n) is 10.9. The summed E-state index contributed by atoms with van der Waals surface area (Å²) in [7, 11) is 2.04. The number of hydrogen-bond acceptors (Lipinski definition) is 5. The number of guanidine groups is 1. The Morgan fingerprint density at radius 3 is 2.43 bits per heavy atom. The van der Waals surface area contributed by atoms with Crippen LogP contribution in [-0.2, 0) is 9.47 Å². The molecule has 1 amide bonds. The van der Waals surface area contributed by atoms with Crippen LogP contribution in [0.15, 0.2) is 4.99 Å². The van der Waals surface area contributed by atoms with E-state index in [0.717, 1.165) is 64.9 Å². The largest absolute Gasteiger partial charge is 0.444 e. The Morgan fingerprint density at radius 2 is 1.90 bits per heavy atom. The molecule has 1 aliphatic heterocycles. The minimum atomic E-state index is -0.492. The minimum absolute atomic E-state index is 0. The van der Waals surface area contributed by atoms with Gasteiger partial charge in [0.1, 0.15) is 5.60 Å². The van der Waals surface area contributed by atoms with Crippen molar-refractivity contribution in [1.82, 2.24) is 20.4 Å². The van der Waals surface area contributed by atoms with E-state index in [9.17, 15) is 4.79 Å². The van der Waals surface area contributed by atoms with Crippen LogP contribution >= 0.6 is 24.0 Å². The molecule has 2 N–H and O–H groups in total. The van der Waals surface area contributed by atoms with Crippen LogP contribution in [0.25, 0.3) is 0 Å². The summed E-state index contributed by atoms with van der Waals surface area (Å²) < 4.78 is 10.8. The molecule has 0 saturated carbocycles. The van der Waals surface area contributed by atoms with Crippen LogP contribution in [0.2, 0.25) is 0 Å². The summed E-state index contributed by atoms with van der Waals surface area (Å²) in [4.78, 5) is 21.4. The quantitative estimate of drug-likeness (QED) is 0.266. The monoisotopic (exact) mass is 541 g/mol. The minimum Gasteiger partial charge on any atom is -0.444 e. The van der Waals surface area contributed by atoms with Gasteiger partial charge in [0.25, 0.3) is 0 Å². The van der Waals surface area contributed by atoms with Gasteiger partial charge in [0.15, 0.2) is 5.96 Å². The average molecular weight is 542 g/mol. The van der Waals surface area contributed by atoms with Crippen LogP contribution in [0.4, 0.5) is 4.79 Å². The number of amides is 1. The van der Waals surface area contributed by atoms with Gasteiger partial charge in [-0.3, -0.25) is 9.89 Å². The number of ether oxygens (including phenoxy) is 2. The van der Waals surface area contributed by atoms with Crippen molar-refractivity contribution in [1.29, 1.82) is 0 Å². The maximum Gasteiger partial charge on any atom is 0.407 e. The maximum absolute atomic E-state index is 12.1. The molecular weight excluding hydrogens is 497 g/mol. The lowest BCUT2D eigenvalue weighted by Crippen LogP contribution is -2.45. The van der Waals surface area contributed by atoms with Gasteiger partial charge in [0.05, 0.1) is 19.8 Å². The Balaban J connectivity index is 0.00000841. The molecule has 1 unspecified atom stereocenters. The van der Waals surface area contributed by atoms with Crippen molar-refractivity contribution < 1.29 is 14.3 Å². The van der Waals surface area contributed by atoms with Gasteiger partial charge in [0.2, 0.25) is 0 Å². The number of rotatable bonds is 9. The van der Waals surface area contributed by atoms with Crippen LogP contribution in [0.5, 0.6) is 0 Å². The zero-order valence-electron chi connectivity index (χ0n) is 20.0. The van der Waals surface area contributed by atoms with Crippen molar-refractivity contribution in [2.75, 3.05) is 59.5 Å². The lowest BCUT2D eigenvalue weighted by molar-refractivity contribution is 0.0394. The lowest BCUT2D eigenvalue weighted by atomic mass is 10.0. The molecule has 1 atom stereocenters. The zero-order valence-corrected chi connectivity index (χ0v) is 22.3. The van der Waals surface area contributed by atoms with Crippen molar-refractivity contribution in [3.8, 4) is 0 Å². The molecule has 8 nitrogen and oxygen atoms in total. The Bertz CT molecular complexity index is 505. The predicted molar refractivity (Wildman–Crippen MR) is 134 cm³/mol. The average Bonchev–Trinajstić information content (AvgIpc) is 2.63. The van der Waals surface area contributed by atoms with E-state index in [0.29, 0.717) is 5.92 Å². The third kappa shape index (κ3) is 12.8. The lowest BCUT2D eigenvalue weighted by Gasteiger charge is -2.29. The van der Waals surface area contributed by atoms with E-state index in [1.165, 1.54) is 0 Å². The summed E-state index contributed by atoms with van der Waals surface area (Å²) in [6.45, 7) is 18.8. The number of carbonyl (C=O) groups is 1. The number of morpholine rings is 1. The van der Waals surface area contributed by atoms with Crippen molar-refractivity contribution in [3.05, 3.63) is 0 Å². The molecule has 178 valence electrons. The third-order valence-corrected chi connectivity index (χ3v) is 4.76. The highest BCUT2D eigenvalue weighted by molar-refractivity contribution is 14.0. The first-order valence-corrected chi connectivity index (χ1v) is 10.9. The first kappa shape index (κ1) is 29.2. The van der Waals surface area contributed by atoms with Gasteiger partial charge in [-0.15, -0.1) is 24.0 Å². The van der Waals surface area contributed by atoms with E-state index in [1.54, 1.807) is 0 Å². The van der Waals surface area contributed by atoms with E-state index in [-0.39, 0.29) is 36.1 Å². The van der Waals surface area contributed by atoms with Crippen LogP contribution < -0.4 is 10.6 Å². The molecule has 0 aromatic carbocycles. The molecule has 9 heteroatoms. The molecule has 0 bridgehead atoms. The SMILES string of the molecule is CCNC(=NCCN1CCOCC1)N(C)CCC(NC(=O)OC(C)(C)C)C(C)C.I. The summed E-state index contributed by atoms with van der Waals surface area (Å²) in [6.07, 6.45) is 0.464. The fraction of sp³-hybridized carbons (Fsp3) is 0.905. The highest BCUT2D eigenvalue weighted by Gasteiger charge is 2.22. The fourth-order valence-corrected chi connectivity index (χ4v) is 3.06. The van der Waals surface area contributed by atoms with Gasteiger partial charge >= 0.3 is 6.09 Å². The number of aliphatic imine (C=N–C) groups is 1. The van der Waals surface area contributed by atoms with Crippen molar-refractivity contribution >= 4 is 36.0 Å². The van der Waals surface area contributed by atoms with Gasteiger partial charge in [-0.2, -0.15) is 0 Å². The first-order chi connectivity index (χ1) is 13.6. The van der Waals surface area contributed by atoms with E-state index >= 15 is 0 Å². The molecule has 0 aromatic heterocycles. The summed E-state index contributed by atoms with van der Waals surface area (Å²) >= 11 is 0. The molecule has 1 heterocycles. The second-order valence-electron chi connectivity index (χ2n) is 8.90. The summed E-state index contributed by atoms with van der Waals surface area (Å²) in [5.74, 6) is 1.22. The van der Waals surface area contributed by atoms with E-state index < -0.39 is 5.60 Å². The Morgan fingerprint density at radius 1 is 1.27 bits per heavy atom. The molecule has 0 spiro atoms. The zero-order chi connectivity index (χ0) is 21.9. The van der Waals surface area contributed by atoms with Crippen LogP contribution in [0.1, 0.15) is 48.0 Å². The van der Waals surface area contributed by atoms with E-state index in [4.69, 9.17) is 14.5 Å². The van der Waals surface area contributed by atoms with Gasteiger partial charge in [-0.05, 0) is 40.0 Å². The van der Waals surface area contributed by atoms with Crippen molar-refractivity contribution in [2.24, 2.45) is 10.9 Å². The van der Waals surface area contributed by atoms with Crippen LogP contribution in [-0.4, -0.2) is 93.0 Å². The molecule has 0 aliphatic carbocycles. The maximum atomic E-state index is 12.1. The second kappa shape index (κ2) is 15.1. The number of nitrogens with zero attached hydrogens (tertiary/aromatic N) is 3. The standard InChI is InChI=1S/C21H43N5O3.HI/c1-8-22-19(23-10-12-26-13-15-28-16-14-26)25(7)11-9-18(17(2)3)24-20(27)29-21(4,5)6;/h17-18H,8-16H2,1-7H3,(H,22,23)(H,24,27);1H. The number of carbonyl (C=O) groups excluding carboxylic acids is 1. The highest BCUT2D eigenvalue weighted by atomic mass is 127. The molecule has 0 radical (unpaired) electrons. The fourth-order valence-electron chi connectivity index (χ4n) is 3.06. The Kier molecular flexibility index (Phi) is 14.7. The highest BCUT2D eigenvalue weighted by Crippen LogP contribution is 2.11. The summed E-state index contributed by atoms with van der Waals surface area (Å²) in [5.41, 5.74) is -0.492. The molecule has 1 rings (SSSR count). The van der Waals surface area contributed by atoms with E-state index in [2.05, 4.69) is 41.2 Å².